The number of rotatable bonds is 4. The van der Waals surface area contributed by atoms with Gasteiger partial charge in [0.05, 0.1) is 23.1 Å². The van der Waals surface area contributed by atoms with Crippen LogP contribution in [-0.2, 0) is 6.54 Å². The van der Waals surface area contributed by atoms with Crippen LogP contribution in [0.2, 0.25) is 0 Å². The monoisotopic (exact) mass is 284 g/mol. The quantitative estimate of drug-likeness (QED) is 0.736. The molecule has 0 aliphatic carbocycles. The molecule has 3 rings (SSSR count). The van der Waals surface area contributed by atoms with Gasteiger partial charge in [-0.25, -0.2) is 4.68 Å². The van der Waals surface area contributed by atoms with Gasteiger partial charge in [0.25, 0.3) is 5.56 Å². The van der Waals surface area contributed by atoms with Crippen LogP contribution < -0.4 is 5.56 Å². The molecule has 4 heteroatoms. The first-order chi connectivity index (χ1) is 9.83. The molecule has 0 aliphatic heterocycles. The van der Waals surface area contributed by atoms with E-state index in [-0.39, 0.29) is 5.56 Å². The summed E-state index contributed by atoms with van der Waals surface area (Å²) in [4.78, 5) is 12.6. The lowest BCUT2D eigenvalue weighted by atomic mass is 10.2. The molecule has 102 valence electrons. The molecule has 0 bridgehead atoms. The molecule has 0 spiro atoms. The van der Waals surface area contributed by atoms with Crippen molar-refractivity contribution in [3.8, 4) is 5.69 Å². The van der Waals surface area contributed by atoms with Crippen LogP contribution in [0.5, 0.6) is 0 Å². The van der Waals surface area contributed by atoms with E-state index in [4.69, 9.17) is 0 Å². The second-order valence-corrected chi connectivity index (χ2v) is 5.57. The van der Waals surface area contributed by atoms with E-state index in [0.717, 1.165) is 22.3 Å². The highest BCUT2D eigenvalue weighted by molar-refractivity contribution is 7.98. The summed E-state index contributed by atoms with van der Waals surface area (Å²) in [5.41, 5.74) is 2.07. The molecule has 2 aromatic carbocycles. The minimum Gasteiger partial charge on any atom is -0.267 e. The standard InChI is InChI=1S/C16H16N2OS/c1-20-12-11-17-16(19)14-9-5-6-10-15(14)18(17)13-7-3-2-4-8-13/h2-10H,11-12H2,1H3. The Labute approximate surface area is 121 Å². The van der Waals surface area contributed by atoms with Gasteiger partial charge >= 0.3 is 0 Å². The van der Waals surface area contributed by atoms with E-state index in [0.29, 0.717) is 6.54 Å². The first kappa shape index (κ1) is 13.1. The van der Waals surface area contributed by atoms with E-state index in [1.165, 1.54) is 0 Å². The summed E-state index contributed by atoms with van der Waals surface area (Å²) in [6.45, 7) is 0.712. The number of hydrogen-bond acceptors (Lipinski definition) is 2. The Hall–Kier alpha value is -1.94. The summed E-state index contributed by atoms with van der Waals surface area (Å²) >= 11 is 1.75. The smallest absolute Gasteiger partial charge is 0.267 e. The third kappa shape index (κ3) is 2.16. The van der Waals surface area contributed by atoms with Crippen molar-refractivity contribution in [3.63, 3.8) is 0 Å². The van der Waals surface area contributed by atoms with Crippen molar-refractivity contribution in [3.05, 3.63) is 65.0 Å². The third-order valence-electron chi connectivity index (χ3n) is 3.35. The van der Waals surface area contributed by atoms with Crippen LogP contribution in [0.15, 0.2) is 59.4 Å². The van der Waals surface area contributed by atoms with Gasteiger partial charge in [0.15, 0.2) is 0 Å². The van der Waals surface area contributed by atoms with Gasteiger partial charge in [0.2, 0.25) is 0 Å². The molecule has 0 atom stereocenters. The van der Waals surface area contributed by atoms with Gasteiger partial charge < -0.3 is 0 Å². The average Bonchev–Trinajstić information content (AvgIpc) is 2.79. The molecule has 1 aromatic heterocycles. The predicted molar refractivity (Wildman–Crippen MR) is 85.9 cm³/mol. The van der Waals surface area contributed by atoms with Crippen molar-refractivity contribution in [1.29, 1.82) is 0 Å². The van der Waals surface area contributed by atoms with E-state index in [9.17, 15) is 4.79 Å². The van der Waals surface area contributed by atoms with E-state index in [1.807, 2.05) is 64.0 Å². The van der Waals surface area contributed by atoms with Crippen molar-refractivity contribution < 1.29 is 0 Å². The maximum atomic E-state index is 12.6. The highest BCUT2D eigenvalue weighted by Crippen LogP contribution is 2.17. The van der Waals surface area contributed by atoms with Crippen LogP contribution in [0, 0.1) is 0 Å². The van der Waals surface area contributed by atoms with Gasteiger partial charge in [0, 0.05) is 5.75 Å². The molecule has 0 N–H and O–H groups in total. The molecular weight excluding hydrogens is 268 g/mol. The molecule has 0 unspecified atom stereocenters. The lowest BCUT2D eigenvalue weighted by Crippen LogP contribution is -2.23. The average molecular weight is 284 g/mol. The largest absolute Gasteiger partial charge is 0.274 e. The van der Waals surface area contributed by atoms with Crippen molar-refractivity contribution in [1.82, 2.24) is 9.36 Å². The number of thioether (sulfide) groups is 1. The first-order valence-electron chi connectivity index (χ1n) is 6.58. The summed E-state index contributed by atoms with van der Waals surface area (Å²) in [6, 6.07) is 17.8. The summed E-state index contributed by atoms with van der Waals surface area (Å²) in [6.07, 6.45) is 2.06. The van der Waals surface area contributed by atoms with Crippen LogP contribution in [-0.4, -0.2) is 21.4 Å². The van der Waals surface area contributed by atoms with E-state index in [1.54, 1.807) is 11.8 Å². The fourth-order valence-electron chi connectivity index (χ4n) is 2.43. The van der Waals surface area contributed by atoms with Crippen LogP contribution in [0.4, 0.5) is 0 Å². The second-order valence-electron chi connectivity index (χ2n) is 4.59. The topological polar surface area (TPSA) is 26.9 Å². The Morgan fingerprint density at radius 3 is 2.45 bits per heavy atom. The van der Waals surface area contributed by atoms with E-state index < -0.39 is 0 Å². The molecule has 1 heterocycles. The molecule has 0 saturated carbocycles. The highest BCUT2D eigenvalue weighted by Gasteiger charge is 2.13. The van der Waals surface area contributed by atoms with Gasteiger partial charge in [-0.2, -0.15) is 11.8 Å². The zero-order chi connectivity index (χ0) is 13.9. The molecular formula is C16H16N2OS. The number of hydrogen-bond donors (Lipinski definition) is 0. The lowest BCUT2D eigenvalue weighted by Gasteiger charge is -2.12. The molecule has 0 radical (unpaired) electrons. The van der Waals surface area contributed by atoms with Crippen molar-refractivity contribution in [2.45, 2.75) is 6.54 Å². The summed E-state index contributed by atoms with van der Waals surface area (Å²) < 4.78 is 3.85. The maximum Gasteiger partial charge on any atom is 0.274 e. The molecule has 0 saturated heterocycles. The van der Waals surface area contributed by atoms with Crippen LogP contribution >= 0.6 is 11.8 Å². The SMILES string of the molecule is CSCCn1c(=O)c2ccccc2n1-c1ccccc1. The molecule has 0 aliphatic rings. The number of nitrogens with zero attached hydrogens (tertiary/aromatic N) is 2. The van der Waals surface area contributed by atoms with Crippen LogP contribution in [0.25, 0.3) is 16.6 Å². The maximum absolute atomic E-state index is 12.6. The van der Waals surface area contributed by atoms with Gasteiger partial charge in [-0.15, -0.1) is 0 Å². The van der Waals surface area contributed by atoms with Gasteiger partial charge in [-0.05, 0) is 30.5 Å². The van der Waals surface area contributed by atoms with Crippen LogP contribution in [0.3, 0.4) is 0 Å². The third-order valence-corrected chi connectivity index (χ3v) is 3.94. The van der Waals surface area contributed by atoms with Crippen LogP contribution in [0.1, 0.15) is 0 Å². The molecule has 3 nitrogen and oxygen atoms in total. The summed E-state index contributed by atoms with van der Waals surface area (Å²) in [5.74, 6) is 0.920. The molecule has 3 aromatic rings. The zero-order valence-corrected chi connectivity index (χ0v) is 12.1. The van der Waals surface area contributed by atoms with Gasteiger partial charge in [-0.3, -0.25) is 9.48 Å². The summed E-state index contributed by atoms with van der Waals surface area (Å²) in [7, 11) is 0. The molecule has 0 fully saturated rings. The minimum absolute atomic E-state index is 0.0819. The number of para-hydroxylation sites is 2. The van der Waals surface area contributed by atoms with Gasteiger partial charge in [-0.1, -0.05) is 30.3 Å². The molecule has 20 heavy (non-hydrogen) atoms. The van der Waals surface area contributed by atoms with Crippen molar-refractivity contribution in [2.24, 2.45) is 0 Å². The van der Waals surface area contributed by atoms with Crippen molar-refractivity contribution in [2.75, 3.05) is 12.0 Å². The second kappa shape index (κ2) is 5.59. The lowest BCUT2D eigenvalue weighted by molar-refractivity contribution is 0.583. The Morgan fingerprint density at radius 1 is 1.00 bits per heavy atom. The Bertz CT molecular complexity index is 774. The predicted octanol–water partition coefficient (Wildman–Crippen LogP) is 3.16. The molecule has 0 amide bonds. The number of fused-ring (bicyclic) bond motifs is 1. The fraction of sp³-hybridized carbons (Fsp3) is 0.188. The van der Waals surface area contributed by atoms with E-state index >= 15 is 0 Å². The first-order valence-corrected chi connectivity index (χ1v) is 7.97. The van der Waals surface area contributed by atoms with Crippen molar-refractivity contribution >= 4 is 22.7 Å². The normalized spacial score (nSPS) is 11.1. The minimum atomic E-state index is 0.0819. The Balaban J connectivity index is 2.30. The van der Waals surface area contributed by atoms with E-state index in [2.05, 4.69) is 6.26 Å². The Kier molecular flexibility index (Phi) is 3.65. The fourth-order valence-corrected chi connectivity index (χ4v) is 2.78. The Morgan fingerprint density at radius 2 is 1.70 bits per heavy atom. The summed E-state index contributed by atoms with van der Waals surface area (Å²) in [5, 5.41) is 0.775. The number of benzene rings is 2. The van der Waals surface area contributed by atoms with Gasteiger partial charge in [0.1, 0.15) is 0 Å². The zero-order valence-electron chi connectivity index (χ0n) is 11.3. The number of aromatic nitrogens is 2. The highest BCUT2D eigenvalue weighted by atomic mass is 32.2.